The van der Waals surface area contributed by atoms with E-state index < -0.39 is 0 Å². The van der Waals surface area contributed by atoms with E-state index in [2.05, 4.69) is 11.2 Å². The van der Waals surface area contributed by atoms with Crippen LogP contribution in [0.15, 0.2) is 42.9 Å². The monoisotopic (exact) mass is 307 g/mol. The summed E-state index contributed by atoms with van der Waals surface area (Å²) in [6, 6.07) is 9.96. The van der Waals surface area contributed by atoms with E-state index in [9.17, 15) is 4.79 Å². The highest BCUT2D eigenvalue weighted by molar-refractivity contribution is 5.92. The molecule has 1 aromatic carbocycles. The van der Waals surface area contributed by atoms with E-state index in [-0.39, 0.29) is 11.9 Å². The average Bonchev–Trinajstić information content (AvgIpc) is 3.30. The number of carbonyl (C=O) groups excluding carboxylic acids is 1. The summed E-state index contributed by atoms with van der Waals surface area (Å²) in [7, 11) is 0. The fraction of sp³-hybridized carbons (Fsp3) is 0.353. The van der Waals surface area contributed by atoms with E-state index in [0.29, 0.717) is 18.2 Å². The van der Waals surface area contributed by atoms with Gasteiger partial charge < -0.3 is 14.4 Å². The Hall–Kier alpha value is -2.81. The maximum atomic E-state index is 12.8. The number of amides is 1. The molecule has 2 aliphatic rings. The molecule has 6 nitrogen and oxygen atoms in total. The van der Waals surface area contributed by atoms with Crippen LogP contribution >= 0.6 is 0 Å². The third-order valence-electron chi connectivity index (χ3n) is 4.81. The summed E-state index contributed by atoms with van der Waals surface area (Å²) in [4.78, 5) is 20.7. The van der Waals surface area contributed by atoms with Crippen molar-refractivity contribution < 1.29 is 4.79 Å². The second kappa shape index (κ2) is 5.43. The second-order valence-corrected chi connectivity index (χ2v) is 6.12. The first kappa shape index (κ1) is 13.8. The van der Waals surface area contributed by atoms with Crippen LogP contribution in [0.25, 0.3) is 5.69 Å². The van der Waals surface area contributed by atoms with Crippen molar-refractivity contribution >= 4 is 5.91 Å². The lowest BCUT2D eigenvalue weighted by Crippen LogP contribution is -2.39. The van der Waals surface area contributed by atoms with Crippen molar-refractivity contribution in [2.75, 3.05) is 19.6 Å². The zero-order valence-electron chi connectivity index (χ0n) is 12.7. The van der Waals surface area contributed by atoms with Gasteiger partial charge in [-0.05, 0) is 18.6 Å². The zero-order valence-corrected chi connectivity index (χ0v) is 12.7. The van der Waals surface area contributed by atoms with Gasteiger partial charge in [0.1, 0.15) is 12.0 Å². The molecule has 0 spiro atoms. The smallest absolute Gasteiger partial charge is 0.274 e. The Labute approximate surface area is 134 Å². The Bertz CT molecular complexity index is 763. The molecule has 1 amide bonds. The molecular formula is C17H17N5O. The molecule has 0 N–H and O–H groups in total. The summed E-state index contributed by atoms with van der Waals surface area (Å²) in [5.74, 6) is 0.377. The first-order chi connectivity index (χ1) is 11.3. The molecule has 2 atom stereocenters. The number of hydrogen-bond donors (Lipinski definition) is 0. The number of carbonyl (C=O) groups is 1. The summed E-state index contributed by atoms with van der Waals surface area (Å²) in [5, 5.41) is 9.05. The molecule has 2 aliphatic heterocycles. The minimum Gasteiger partial charge on any atom is -0.332 e. The van der Waals surface area contributed by atoms with E-state index >= 15 is 0 Å². The van der Waals surface area contributed by atoms with Crippen LogP contribution in [0.1, 0.15) is 16.9 Å². The molecule has 2 aromatic rings. The van der Waals surface area contributed by atoms with Gasteiger partial charge in [-0.1, -0.05) is 18.2 Å². The molecule has 23 heavy (non-hydrogen) atoms. The van der Waals surface area contributed by atoms with Crippen LogP contribution in [0.5, 0.6) is 0 Å². The van der Waals surface area contributed by atoms with Gasteiger partial charge in [-0.3, -0.25) is 4.79 Å². The SMILES string of the molecule is N#CN1C[C@H]2CCN(C(=O)c3cn(-c4ccccc4)cn3)[C@H]2C1. The minimum atomic E-state index is -0.0352. The average molecular weight is 307 g/mol. The molecule has 2 saturated heterocycles. The van der Waals surface area contributed by atoms with Gasteiger partial charge in [0.2, 0.25) is 0 Å². The van der Waals surface area contributed by atoms with Crippen LogP contribution in [-0.2, 0) is 0 Å². The van der Waals surface area contributed by atoms with Crippen molar-refractivity contribution in [3.05, 3.63) is 48.5 Å². The number of aromatic nitrogens is 2. The van der Waals surface area contributed by atoms with Gasteiger partial charge >= 0.3 is 0 Å². The summed E-state index contributed by atoms with van der Waals surface area (Å²) in [6.45, 7) is 2.17. The van der Waals surface area contributed by atoms with E-state index in [4.69, 9.17) is 5.26 Å². The Balaban J connectivity index is 1.54. The van der Waals surface area contributed by atoms with E-state index in [0.717, 1.165) is 25.2 Å². The lowest BCUT2D eigenvalue weighted by atomic mass is 10.1. The first-order valence-corrected chi connectivity index (χ1v) is 7.81. The lowest BCUT2D eigenvalue weighted by molar-refractivity contribution is 0.0726. The molecule has 0 unspecified atom stereocenters. The number of fused-ring (bicyclic) bond motifs is 1. The third-order valence-corrected chi connectivity index (χ3v) is 4.81. The molecule has 1 aromatic heterocycles. The zero-order chi connectivity index (χ0) is 15.8. The maximum absolute atomic E-state index is 12.8. The molecule has 4 rings (SSSR count). The van der Waals surface area contributed by atoms with Gasteiger partial charge in [0.05, 0.1) is 6.04 Å². The number of likely N-dealkylation sites (tertiary alicyclic amines) is 2. The van der Waals surface area contributed by atoms with Crippen molar-refractivity contribution in [2.24, 2.45) is 5.92 Å². The topological polar surface area (TPSA) is 65.2 Å². The number of para-hydroxylation sites is 1. The third kappa shape index (κ3) is 2.34. The molecule has 6 heteroatoms. The van der Waals surface area contributed by atoms with Crippen LogP contribution < -0.4 is 0 Å². The summed E-state index contributed by atoms with van der Waals surface area (Å²) in [5.41, 5.74) is 1.44. The number of hydrogen-bond acceptors (Lipinski definition) is 4. The van der Waals surface area contributed by atoms with Gasteiger partial charge in [-0.15, -0.1) is 0 Å². The van der Waals surface area contributed by atoms with Crippen molar-refractivity contribution in [3.63, 3.8) is 0 Å². The van der Waals surface area contributed by atoms with Crippen molar-refractivity contribution in [1.29, 1.82) is 5.26 Å². The number of nitrogens with zero attached hydrogens (tertiary/aromatic N) is 5. The Morgan fingerprint density at radius 3 is 2.87 bits per heavy atom. The highest BCUT2D eigenvalue weighted by Gasteiger charge is 2.43. The van der Waals surface area contributed by atoms with Gasteiger partial charge in [-0.2, -0.15) is 5.26 Å². The predicted octanol–water partition coefficient (Wildman–Crippen LogP) is 1.50. The van der Waals surface area contributed by atoms with Crippen LogP contribution in [0.4, 0.5) is 0 Å². The van der Waals surface area contributed by atoms with Crippen LogP contribution in [0, 0.1) is 17.4 Å². The van der Waals surface area contributed by atoms with Gasteiger partial charge in [-0.25, -0.2) is 4.98 Å². The summed E-state index contributed by atoms with van der Waals surface area (Å²) < 4.78 is 1.86. The van der Waals surface area contributed by atoms with Crippen LogP contribution in [0.3, 0.4) is 0 Å². The van der Waals surface area contributed by atoms with Gasteiger partial charge in [0, 0.05) is 37.4 Å². The number of imidazole rings is 1. The first-order valence-electron chi connectivity index (χ1n) is 7.81. The minimum absolute atomic E-state index is 0.0352. The van der Waals surface area contributed by atoms with E-state index in [1.807, 2.05) is 39.8 Å². The Morgan fingerprint density at radius 1 is 1.26 bits per heavy atom. The normalized spacial score (nSPS) is 22.9. The summed E-state index contributed by atoms with van der Waals surface area (Å²) >= 11 is 0. The molecule has 2 fully saturated rings. The second-order valence-electron chi connectivity index (χ2n) is 6.12. The van der Waals surface area contributed by atoms with Crippen molar-refractivity contribution in [3.8, 4) is 11.9 Å². The molecular weight excluding hydrogens is 290 g/mol. The number of benzene rings is 1. The van der Waals surface area contributed by atoms with E-state index in [1.54, 1.807) is 17.4 Å². The fourth-order valence-electron chi connectivity index (χ4n) is 3.62. The Morgan fingerprint density at radius 2 is 2.09 bits per heavy atom. The molecule has 3 heterocycles. The van der Waals surface area contributed by atoms with Gasteiger partial charge in [0.25, 0.3) is 5.91 Å². The van der Waals surface area contributed by atoms with Gasteiger partial charge in [0.15, 0.2) is 6.19 Å². The molecule has 116 valence electrons. The summed E-state index contributed by atoms with van der Waals surface area (Å²) in [6.07, 6.45) is 6.61. The van der Waals surface area contributed by atoms with Crippen molar-refractivity contribution in [1.82, 2.24) is 19.4 Å². The standard InChI is InChI=1S/C17H17N5O/c18-11-20-8-13-6-7-22(16(13)10-20)17(23)15-9-21(12-19-15)14-4-2-1-3-5-14/h1-5,9,12-13,16H,6-8,10H2/t13-,16+/m1/s1. The predicted molar refractivity (Wildman–Crippen MR) is 83.7 cm³/mol. The largest absolute Gasteiger partial charge is 0.332 e. The molecule has 0 aliphatic carbocycles. The quantitative estimate of drug-likeness (QED) is 0.789. The lowest BCUT2D eigenvalue weighted by Gasteiger charge is -2.22. The fourth-order valence-corrected chi connectivity index (χ4v) is 3.62. The van der Waals surface area contributed by atoms with Crippen LogP contribution in [-0.4, -0.2) is 50.9 Å². The van der Waals surface area contributed by atoms with Crippen LogP contribution in [0.2, 0.25) is 0 Å². The maximum Gasteiger partial charge on any atom is 0.274 e. The highest BCUT2D eigenvalue weighted by Crippen LogP contribution is 2.32. The highest BCUT2D eigenvalue weighted by atomic mass is 16.2. The molecule has 0 saturated carbocycles. The molecule has 0 bridgehead atoms. The number of rotatable bonds is 2. The molecule has 0 radical (unpaired) electrons. The van der Waals surface area contributed by atoms with Crippen molar-refractivity contribution in [2.45, 2.75) is 12.5 Å². The Kier molecular flexibility index (Phi) is 3.27. The number of nitriles is 1. The van der Waals surface area contributed by atoms with E-state index in [1.165, 1.54) is 0 Å².